The van der Waals surface area contributed by atoms with Crippen molar-refractivity contribution in [2.24, 2.45) is 5.92 Å². The van der Waals surface area contributed by atoms with E-state index in [2.05, 4.69) is 16.0 Å². The van der Waals surface area contributed by atoms with Gasteiger partial charge in [-0.15, -0.1) is 0 Å². The molecule has 0 atom stereocenters. The molecule has 0 radical (unpaired) electrons. The van der Waals surface area contributed by atoms with Crippen LogP contribution < -0.4 is 10.9 Å². The Bertz CT molecular complexity index is 647. The molecule has 0 unspecified atom stereocenters. The topological polar surface area (TPSA) is 76.0 Å². The standard InChI is InChI=1S/C15H18N4O2/c1-10(2)14(20)16-17-15(21)13-9-11(3)19(18-13)12-7-5-4-6-8-12/h4-10H,1-3H3,(H,16,20)(H,17,21). The largest absolute Gasteiger partial charge is 0.290 e. The fourth-order valence-electron chi connectivity index (χ4n) is 1.74. The van der Waals surface area contributed by atoms with Gasteiger partial charge in [0.05, 0.1) is 5.69 Å². The van der Waals surface area contributed by atoms with Gasteiger partial charge in [-0.3, -0.25) is 20.4 Å². The third kappa shape index (κ3) is 3.47. The van der Waals surface area contributed by atoms with Gasteiger partial charge < -0.3 is 0 Å². The number of amides is 2. The number of aryl methyl sites for hydroxylation is 1. The van der Waals surface area contributed by atoms with Gasteiger partial charge in [-0.05, 0) is 25.1 Å². The number of para-hydroxylation sites is 1. The minimum absolute atomic E-state index is 0.200. The SMILES string of the molecule is Cc1cc(C(=O)NNC(=O)C(C)C)nn1-c1ccccc1. The van der Waals surface area contributed by atoms with E-state index in [0.717, 1.165) is 11.4 Å². The fraction of sp³-hybridized carbons (Fsp3) is 0.267. The maximum atomic E-state index is 12.0. The lowest BCUT2D eigenvalue weighted by molar-refractivity contribution is -0.124. The predicted octanol–water partition coefficient (Wildman–Crippen LogP) is 1.60. The molecule has 21 heavy (non-hydrogen) atoms. The first kappa shape index (κ1) is 14.8. The minimum Gasteiger partial charge on any atom is -0.273 e. The van der Waals surface area contributed by atoms with E-state index in [1.807, 2.05) is 37.3 Å². The molecule has 0 aliphatic carbocycles. The average Bonchev–Trinajstić information content (AvgIpc) is 2.87. The number of aromatic nitrogens is 2. The highest BCUT2D eigenvalue weighted by atomic mass is 16.2. The average molecular weight is 286 g/mol. The fourth-order valence-corrected chi connectivity index (χ4v) is 1.74. The van der Waals surface area contributed by atoms with E-state index in [-0.39, 0.29) is 17.5 Å². The second kappa shape index (κ2) is 6.21. The summed E-state index contributed by atoms with van der Waals surface area (Å²) in [7, 11) is 0. The van der Waals surface area contributed by atoms with Crippen LogP contribution in [0, 0.1) is 12.8 Å². The molecule has 6 heteroatoms. The molecule has 2 amide bonds. The molecule has 1 heterocycles. The van der Waals surface area contributed by atoms with E-state index in [9.17, 15) is 9.59 Å². The quantitative estimate of drug-likeness (QED) is 0.841. The lowest BCUT2D eigenvalue weighted by Crippen LogP contribution is -2.43. The number of nitrogens with zero attached hydrogens (tertiary/aromatic N) is 2. The molecule has 2 aromatic rings. The Labute approximate surface area is 123 Å². The summed E-state index contributed by atoms with van der Waals surface area (Å²) in [6, 6.07) is 11.2. The predicted molar refractivity (Wildman–Crippen MR) is 78.7 cm³/mol. The van der Waals surface area contributed by atoms with Crippen molar-refractivity contribution in [2.75, 3.05) is 0 Å². The molecule has 0 bridgehead atoms. The summed E-state index contributed by atoms with van der Waals surface area (Å²) >= 11 is 0. The van der Waals surface area contributed by atoms with Gasteiger partial charge in [-0.2, -0.15) is 5.10 Å². The molecule has 6 nitrogen and oxygen atoms in total. The number of carbonyl (C=O) groups is 2. The van der Waals surface area contributed by atoms with Crippen molar-refractivity contribution in [3.05, 3.63) is 47.8 Å². The van der Waals surface area contributed by atoms with E-state index < -0.39 is 5.91 Å². The van der Waals surface area contributed by atoms with Crippen molar-refractivity contribution in [1.29, 1.82) is 0 Å². The highest BCUT2D eigenvalue weighted by molar-refractivity contribution is 5.94. The Morgan fingerprint density at radius 2 is 1.81 bits per heavy atom. The van der Waals surface area contributed by atoms with Gasteiger partial charge in [0.15, 0.2) is 5.69 Å². The van der Waals surface area contributed by atoms with Crippen LogP contribution >= 0.6 is 0 Å². The smallest absolute Gasteiger partial charge is 0.273 e. The molecule has 0 spiro atoms. The number of rotatable bonds is 3. The molecule has 110 valence electrons. The summed E-state index contributed by atoms with van der Waals surface area (Å²) in [5.41, 5.74) is 6.68. The van der Waals surface area contributed by atoms with Crippen LogP contribution in [0.15, 0.2) is 36.4 Å². The molecule has 0 aliphatic rings. The Morgan fingerprint density at radius 1 is 1.14 bits per heavy atom. The van der Waals surface area contributed by atoms with Crippen LogP contribution in [0.3, 0.4) is 0 Å². The van der Waals surface area contributed by atoms with Gasteiger partial charge in [-0.1, -0.05) is 32.0 Å². The maximum Gasteiger partial charge on any atom is 0.290 e. The van der Waals surface area contributed by atoms with Crippen molar-refractivity contribution >= 4 is 11.8 Å². The van der Waals surface area contributed by atoms with Crippen molar-refractivity contribution in [2.45, 2.75) is 20.8 Å². The van der Waals surface area contributed by atoms with E-state index in [0.29, 0.717) is 0 Å². The van der Waals surface area contributed by atoms with E-state index in [4.69, 9.17) is 0 Å². The van der Waals surface area contributed by atoms with Gasteiger partial charge in [-0.25, -0.2) is 4.68 Å². The number of hydrazine groups is 1. The second-order valence-corrected chi connectivity index (χ2v) is 5.02. The summed E-state index contributed by atoms with van der Waals surface area (Å²) in [4.78, 5) is 23.4. The molecule has 0 saturated carbocycles. The Hall–Kier alpha value is -2.63. The van der Waals surface area contributed by atoms with Crippen molar-refractivity contribution in [1.82, 2.24) is 20.6 Å². The highest BCUT2D eigenvalue weighted by Crippen LogP contribution is 2.11. The number of nitrogens with one attached hydrogen (secondary N) is 2. The van der Waals surface area contributed by atoms with Gasteiger partial charge >= 0.3 is 0 Å². The Balaban J connectivity index is 2.12. The molecule has 0 saturated heterocycles. The Morgan fingerprint density at radius 3 is 2.43 bits per heavy atom. The van der Waals surface area contributed by atoms with Crippen molar-refractivity contribution in [3.8, 4) is 5.69 Å². The van der Waals surface area contributed by atoms with Crippen LogP contribution in [0.25, 0.3) is 5.69 Å². The van der Waals surface area contributed by atoms with Crippen LogP contribution in [-0.4, -0.2) is 21.6 Å². The van der Waals surface area contributed by atoms with E-state index >= 15 is 0 Å². The van der Waals surface area contributed by atoms with Crippen LogP contribution in [-0.2, 0) is 4.79 Å². The summed E-state index contributed by atoms with van der Waals surface area (Å²) in [5, 5.41) is 4.26. The monoisotopic (exact) mass is 286 g/mol. The summed E-state index contributed by atoms with van der Waals surface area (Å²) in [5.74, 6) is -0.891. The molecule has 0 fully saturated rings. The minimum atomic E-state index is -0.443. The summed E-state index contributed by atoms with van der Waals surface area (Å²) < 4.78 is 1.68. The first-order valence-corrected chi connectivity index (χ1v) is 6.71. The van der Waals surface area contributed by atoms with E-state index in [1.165, 1.54) is 0 Å². The molecule has 1 aromatic heterocycles. The lowest BCUT2D eigenvalue weighted by Gasteiger charge is -2.07. The zero-order chi connectivity index (χ0) is 15.4. The highest BCUT2D eigenvalue weighted by Gasteiger charge is 2.14. The second-order valence-electron chi connectivity index (χ2n) is 5.02. The molecule has 2 rings (SSSR count). The van der Waals surface area contributed by atoms with Crippen molar-refractivity contribution < 1.29 is 9.59 Å². The molecular weight excluding hydrogens is 268 g/mol. The van der Waals surface area contributed by atoms with Crippen LogP contribution in [0.4, 0.5) is 0 Å². The Kier molecular flexibility index (Phi) is 4.37. The van der Waals surface area contributed by atoms with Gasteiger partial charge in [0.25, 0.3) is 5.91 Å². The van der Waals surface area contributed by atoms with Gasteiger partial charge in [0.1, 0.15) is 0 Å². The zero-order valence-corrected chi connectivity index (χ0v) is 12.3. The summed E-state index contributed by atoms with van der Waals surface area (Å²) in [6.07, 6.45) is 0. The van der Waals surface area contributed by atoms with Crippen LogP contribution in [0.5, 0.6) is 0 Å². The number of carbonyl (C=O) groups excluding carboxylic acids is 2. The van der Waals surface area contributed by atoms with Gasteiger partial charge in [0, 0.05) is 11.6 Å². The van der Waals surface area contributed by atoms with E-state index in [1.54, 1.807) is 24.6 Å². The molecule has 0 aliphatic heterocycles. The van der Waals surface area contributed by atoms with Crippen molar-refractivity contribution in [3.63, 3.8) is 0 Å². The normalized spacial score (nSPS) is 10.5. The molecule has 1 aromatic carbocycles. The van der Waals surface area contributed by atoms with Crippen LogP contribution in [0.1, 0.15) is 30.0 Å². The number of hydrogen-bond acceptors (Lipinski definition) is 3. The first-order valence-electron chi connectivity index (χ1n) is 6.71. The van der Waals surface area contributed by atoms with Gasteiger partial charge in [0.2, 0.25) is 5.91 Å². The first-order chi connectivity index (χ1) is 9.99. The third-order valence-corrected chi connectivity index (χ3v) is 2.94. The van der Waals surface area contributed by atoms with Crippen LogP contribution in [0.2, 0.25) is 0 Å². The zero-order valence-electron chi connectivity index (χ0n) is 12.3. The number of hydrogen-bond donors (Lipinski definition) is 2. The molecule has 2 N–H and O–H groups in total. The number of benzene rings is 1. The molecular formula is C15H18N4O2. The maximum absolute atomic E-state index is 12.0. The summed E-state index contributed by atoms with van der Waals surface area (Å²) in [6.45, 7) is 5.36. The lowest BCUT2D eigenvalue weighted by atomic mass is 10.2. The third-order valence-electron chi connectivity index (χ3n) is 2.94.